The van der Waals surface area contributed by atoms with Crippen molar-refractivity contribution in [3.05, 3.63) is 34.9 Å². The summed E-state index contributed by atoms with van der Waals surface area (Å²) in [4.78, 5) is 0. The van der Waals surface area contributed by atoms with E-state index in [0.29, 0.717) is 11.4 Å². The molecule has 0 aliphatic carbocycles. The normalized spacial score (nSPS) is 10.8. The van der Waals surface area contributed by atoms with E-state index in [1.807, 2.05) is 24.3 Å². The number of hydrogen-bond donors (Lipinski definition) is 1. The smallest absolute Gasteiger partial charge is 0.120 e. The van der Waals surface area contributed by atoms with Crippen LogP contribution in [0.3, 0.4) is 0 Å². The van der Waals surface area contributed by atoms with E-state index in [9.17, 15) is 0 Å². The molecule has 0 spiro atoms. The lowest BCUT2D eigenvalue weighted by atomic mass is 10.2. The first-order valence-corrected chi connectivity index (χ1v) is 4.76. The Morgan fingerprint density at radius 1 is 1.50 bits per heavy atom. The molecule has 14 heavy (non-hydrogen) atoms. The van der Waals surface area contributed by atoms with Crippen LogP contribution in [0.4, 0.5) is 0 Å². The maximum Gasteiger partial charge on any atom is 0.120 e. The van der Waals surface area contributed by atoms with Gasteiger partial charge in [-0.2, -0.15) is 0 Å². The number of rotatable bonds is 4. The van der Waals surface area contributed by atoms with Crippen LogP contribution in [-0.4, -0.2) is 18.8 Å². The second kappa shape index (κ2) is 5.68. The summed E-state index contributed by atoms with van der Waals surface area (Å²) >= 11 is 5.99. The van der Waals surface area contributed by atoms with E-state index in [1.165, 1.54) is 0 Å². The fourth-order valence-electron chi connectivity index (χ4n) is 1.05. The molecule has 1 aromatic carbocycles. The van der Waals surface area contributed by atoms with E-state index in [-0.39, 0.29) is 6.61 Å². The Morgan fingerprint density at radius 3 is 2.86 bits per heavy atom. The van der Waals surface area contributed by atoms with Gasteiger partial charge in [-0.3, -0.25) is 0 Å². The Kier molecular flexibility index (Phi) is 4.50. The van der Waals surface area contributed by atoms with Gasteiger partial charge in [0.2, 0.25) is 0 Å². The molecule has 0 bridgehead atoms. The largest absolute Gasteiger partial charge is 0.497 e. The van der Waals surface area contributed by atoms with Crippen molar-refractivity contribution in [2.24, 2.45) is 0 Å². The number of aliphatic hydroxyl groups excluding tert-OH is 1. The number of benzene rings is 1. The van der Waals surface area contributed by atoms with E-state index in [2.05, 4.69) is 0 Å². The molecular formula is C11H13ClO2. The topological polar surface area (TPSA) is 29.5 Å². The van der Waals surface area contributed by atoms with Crippen LogP contribution < -0.4 is 4.74 Å². The average molecular weight is 213 g/mol. The highest BCUT2D eigenvalue weighted by Gasteiger charge is 1.98. The van der Waals surface area contributed by atoms with Crippen LogP contribution >= 0.6 is 11.6 Å². The molecule has 3 heteroatoms. The van der Waals surface area contributed by atoms with Gasteiger partial charge < -0.3 is 9.84 Å². The third kappa shape index (κ3) is 3.05. The van der Waals surface area contributed by atoms with Crippen molar-refractivity contribution < 1.29 is 9.84 Å². The van der Waals surface area contributed by atoms with Crippen LogP contribution in [-0.2, 0) is 0 Å². The molecule has 1 rings (SSSR count). The van der Waals surface area contributed by atoms with Gasteiger partial charge in [0.05, 0.1) is 12.1 Å². The van der Waals surface area contributed by atoms with Crippen molar-refractivity contribution in [2.75, 3.05) is 13.7 Å². The second-order valence-electron chi connectivity index (χ2n) is 2.80. The van der Waals surface area contributed by atoms with Gasteiger partial charge in [-0.05, 0) is 30.2 Å². The highest BCUT2D eigenvalue weighted by Crippen LogP contribution is 2.23. The summed E-state index contributed by atoms with van der Waals surface area (Å²) in [6.45, 7) is 0.157. The van der Waals surface area contributed by atoms with Gasteiger partial charge >= 0.3 is 0 Å². The van der Waals surface area contributed by atoms with Crippen LogP contribution in [0, 0.1) is 0 Å². The first-order chi connectivity index (χ1) is 6.77. The standard InChI is InChI=1S/C11H13ClO2/c1-14-10-6-5-9(11(12)8-10)4-2-3-7-13/h2,4-6,8,13H,3,7H2,1H3. The van der Waals surface area contributed by atoms with Crippen molar-refractivity contribution in [3.63, 3.8) is 0 Å². The maximum absolute atomic E-state index is 8.59. The zero-order valence-electron chi connectivity index (χ0n) is 8.03. The van der Waals surface area contributed by atoms with Gasteiger partial charge in [-0.15, -0.1) is 0 Å². The van der Waals surface area contributed by atoms with Crippen LogP contribution in [0.1, 0.15) is 12.0 Å². The molecule has 0 aliphatic heterocycles. The fraction of sp³-hybridized carbons (Fsp3) is 0.273. The zero-order valence-corrected chi connectivity index (χ0v) is 8.79. The van der Waals surface area contributed by atoms with Gasteiger partial charge in [0.25, 0.3) is 0 Å². The number of methoxy groups -OCH3 is 1. The number of aliphatic hydroxyl groups is 1. The SMILES string of the molecule is COc1ccc(C=CCCO)c(Cl)c1. The first-order valence-electron chi connectivity index (χ1n) is 4.39. The van der Waals surface area contributed by atoms with Gasteiger partial charge in [0, 0.05) is 6.61 Å². The van der Waals surface area contributed by atoms with Crippen molar-refractivity contribution in [1.82, 2.24) is 0 Å². The highest BCUT2D eigenvalue weighted by atomic mass is 35.5. The minimum atomic E-state index is 0.157. The van der Waals surface area contributed by atoms with Gasteiger partial charge in [-0.1, -0.05) is 23.8 Å². The molecule has 1 N–H and O–H groups in total. The predicted molar refractivity (Wildman–Crippen MR) is 58.7 cm³/mol. The van der Waals surface area contributed by atoms with Crippen LogP contribution in [0.15, 0.2) is 24.3 Å². The summed E-state index contributed by atoms with van der Waals surface area (Å²) in [5.74, 6) is 0.745. The van der Waals surface area contributed by atoms with E-state index in [0.717, 1.165) is 11.3 Å². The van der Waals surface area contributed by atoms with Crippen molar-refractivity contribution >= 4 is 17.7 Å². The third-order valence-corrected chi connectivity index (χ3v) is 2.13. The molecule has 76 valence electrons. The van der Waals surface area contributed by atoms with Crippen molar-refractivity contribution in [1.29, 1.82) is 0 Å². The summed E-state index contributed by atoms with van der Waals surface area (Å²) in [6.07, 6.45) is 4.41. The summed E-state index contributed by atoms with van der Waals surface area (Å²) < 4.78 is 5.03. The molecule has 0 unspecified atom stereocenters. The van der Waals surface area contributed by atoms with Gasteiger partial charge in [0.15, 0.2) is 0 Å². The number of halogens is 1. The summed E-state index contributed by atoms with van der Waals surface area (Å²) in [5, 5.41) is 9.24. The molecule has 0 saturated heterocycles. The lowest BCUT2D eigenvalue weighted by Crippen LogP contribution is -1.83. The first kappa shape index (κ1) is 11.1. The van der Waals surface area contributed by atoms with Crippen molar-refractivity contribution in [2.45, 2.75) is 6.42 Å². The fourth-order valence-corrected chi connectivity index (χ4v) is 1.29. The second-order valence-corrected chi connectivity index (χ2v) is 3.21. The van der Waals surface area contributed by atoms with Gasteiger partial charge in [0.1, 0.15) is 5.75 Å². The van der Waals surface area contributed by atoms with E-state index >= 15 is 0 Å². The minimum Gasteiger partial charge on any atom is -0.497 e. The molecule has 0 atom stereocenters. The number of hydrogen-bond acceptors (Lipinski definition) is 2. The Balaban J connectivity index is 2.78. The van der Waals surface area contributed by atoms with Crippen LogP contribution in [0.5, 0.6) is 5.75 Å². The molecule has 0 aromatic heterocycles. The molecule has 0 saturated carbocycles. The molecule has 2 nitrogen and oxygen atoms in total. The summed E-state index contributed by atoms with van der Waals surface area (Å²) in [5.41, 5.74) is 0.931. The average Bonchev–Trinajstić information content (AvgIpc) is 2.20. The van der Waals surface area contributed by atoms with E-state index in [1.54, 1.807) is 13.2 Å². The Hall–Kier alpha value is -0.990. The third-order valence-electron chi connectivity index (χ3n) is 1.80. The lowest BCUT2D eigenvalue weighted by Gasteiger charge is -2.02. The molecule has 0 radical (unpaired) electrons. The molecule has 1 aromatic rings. The molecule has 0 heterocycles. The Bertz CT molecular complexity index is 321. The number of ether oxygens (including phenoxy) is 1. The zero-order chi connectivity index (χ0) is 10.4. The van der Waals surface area contributed by atoms with E-state index in [4.69, 9.17) is 21.4 Å². The predicted octanol–water partition coefficient (Wildman–Crippen LogP) is 2.74. The molecule has 0 amide bonds. The summed E-state index contributed by atoms with van der Waals surface area (Å²) in [7, 11) is 1.60. The lowest BCUT2D eigenvalue weighted by molar-refractivity contribution is 0.303. The Morgan fingerprint density at radius 2 is 2.29 bits per heavy atom. The van der Waals surface area contributed by atoms with Crippen molar-refractivity contribution in [3.8, 4) is 5.75 Å². The van der Waals surface area contributed by atoms with Gasteiger partial charge in [-0.25, -0.2) is 0 Å². The molecular weight excluding hydrogens is 200 g/mol. The molecule has 0 fully saturated rings. The summed E-state index contributed by atoms with van der Waals surface area (Å²) in [6, 6.07) is 5.50. The quantitative estimate of drug-likeness (QED) is 0.832. The molecule has 0 aliphatic rings. The van der Waals surface area contributed by atoms with Crippen LogP contribution in [0.2, 0.25) is 5.02 Å². The monoisotopic (exact) mass is 212 g/mol. The van der Waals surface area contributed by atoms with Crippen LogP contribution in [0.25, 0.3) is 6.08 Å². The van der Waals surface area contributed by atoms with E-state index < -0.39 is 0 Å². The Labute approximate surface area is 88.8 Å². The maximum atomic E-state index is 8.59. The minimum absolute atomic E-state index is 0.157. The highest BCUT2D eigenvalue weighted by molar-refractivity contribution is 6.32.